The van der Waals surface area contributed by atoms with Crippen molar-refractivity contribution in [3.8, 4) is 0 Å². The molecule has 13 heavy (non-hydrogen) atoms. The van der Waals surface area contributed by atoms with E-state index in [1.165, 1.54) is 0 Å². The summed E-state index contributed by atoms with van der Waals surface area (Å²) in [6.45, 7) is 7.58. The Morgan fingerprint density at radius 2 is 2.23 bits per heavy atom. The summed E-state index contributed by atoms with van der Waals surface area (Å²) in [5.41, 5.74) is 6.28. The molecule has 4 heteroatoms. The molecule has 0 fully saturated rings. The molecule has 0 spiro atoms. The van der Waals surface area contributed by atoms with E-state index in [4.69, 9.17) is 5.73 Å². The van der Waals surface area contributed by atoms with Crippen LogP contribution in [0, 0.1) is 0 Å². The minimum absolute atomic E-state index is 0.332. The molecule has 0 atom stereocenters. The first-order valence-electron chi connectivity index (χ1n) is 4.39. The second kappa shape index (κ2) is 4.05. The first-order chi connectivity index (χ1) is 5.97. The molecule has 0 bridgehead atoms. The molecule has 0 aliphatic carbocycles. The van der Waals surface area contributed by atoms with Gasteiger partial charge in [-0.3, -0.25) is 4.68 Å². The summed E-state index contributed by atoms with van der Waals surface area (Å²) in [5, 5.41) is 4.11. The van der Waals surface area contributed by atoms with Crippen molar-refractivity contribution in [1.82, 2.24) is 9.78 Å². The van der Waals surface area contributed by atoms with Gasteiger partial charge in [-0.25, -0.2) is 0 Å². The van der Waals surface area contributed by atoms with E-state index in [0.29, 0.717) is 4.75 Å². The molecule has 1 heterocycles. The molecule has 0 unspecified atom stereocenters. The average Bonchev–Trinajstić information content (AvgIpc) is 2.33. The minimum Gasteiger partial charge on any atom is -0.396 e. The molecular formula is C9H17N3S. The highest BCUT2D eigenvalue weighted by atomic mass is 32.2. The molecule has 0 saturated carbocycles. The topological polar surface area (TPSA) is 43.8 Å². The first kappa shape index (κ1) is 10.4. The number of rotatable bonds is 3. The van der Waals surface area contributed by atoms with E-state index < -0.39 is 0 Å². The van der Waals surface area contributed by atoms with Gasteiger partial charge >= 0.3 is 0 Å². The summed E-state index contributed by atoms with van der Waals surface area (Å²) in [7, 11) is 0. The van der Waals surface area contributed by atoms with Crippen molar-refractivity contribution in [3.63, 3.8) is 0 Å². The van der Waals surface area contributed by atoms with Gasteiger partial charge in [-0.05, 0) is 0 Å². The van der Waals surface area contributed by atoms with Gasteiger partial charge in [-0.1, -0.05) is 20.8 Å². The van der Waals surface area contributed by atoms with Gasteiger partial charge < -0.3 is 5.73 Å². The van der Waals surface area contributed by atoms with E-state index in [2.05, 4.69) is 25.9 Å². The fraction of sp³-hybridized carbons (Fsp3) is 0.667. The molecule has 1 aromatic heterocycles. The van der Waals surface area contributed by atoms with E-state index in [1.807, 2.05) is 22.6 Å². The van der Waals surface area contributed by atoms with Gasteiger partial charge in [-0.15, -0.1) is 0 Å². The van der Waals surface area contributed by atoms with Gasteiger partial charge in [0.1, 0.15) is 0 Å². The molecule has 74 valence electrons. The van der Waals surface area contributed by atoms with Crippen molar-refractivity contribution >= 4 is 17.4 Å². The summed E-state index contributed by atoms with van der Waals surface area (Å²) < 4.78 is 2.22. The smallest absolute Gasteiger partial charge is 0.0719 e. The summed E-state index contributed by atoms with van der Waals surface area (Å²) in [4.78, 5) is 0. The molecule has 1 rings (SSSR count). The summed E-state index contributed by atoms with van der Waals surface area (Å²) in [5.74, 6) is 1.07. The third-order valence-corrected chi connectivity index (χ3v) is 2.76. The van der Waals surface area contributed by atoms with Crippen molar-refractivity contribution in [3.05, 3.63) is 12.4 Å². The van der Waals surface area contributed by atoms with E-state index in [1.54, 1.807) is 6.20 Å². The lowest BCUT2D eigenvalue weighted by Gasteiger charge is -2.17. The molecule has 0 aliphatic heterocycles. The van der Waals surface area contributed by atoms with Crippen molar-refractivity contribution < 1.29 is 0 Å². The lowest BCUT2D eigenvalue weighted by atomic mass is 10.3. The Morgan fingerprint density at radius 3 is 2.69 bits per heavy atom. The maximum atomic E-state index is 5.55. The zero-order valence-electron chi connectivity index (χ0n) is 8.45. The lowest BCUT2D eigenvalue weighted by Crippen LogP contribution is -2.11. The Morgan fingerprint density at radius 1 is 1.54 bits per heavy atom. The molecule has 0 saturated heterocycles. The largest absolute Gasteiger partial charge is 0.396 e. The van der Waals surface area contributed by atoms with Crippen LogP contribution in [0.25, 0.3) is 0 Å². The number of thioether (sulfide) groups is 1. The summed E-state index contributed by atoms with van der Waals surface area (Å²) in [6, 6.07) is 0. The Hall–Kier alpha value is -0.640. The van der Waals surface area contributed by atoms with Gasteiger partial charge in [0.2, 0.25) is 0 Å². The molecule has 0 aliphatic rings. The number of aromatic nitrogens is 2. The minimum atomic E-state index is 0.332. The molecule has 3 nitrogen and oxygen atoms in total. The van der Waals surface area contributed by atoms with Crippen LogP contribution in [-0.4, -0.2) is 20.3 Å². The van der Waals surface area contributed by atoms with Crippen LogP contribution in [0.4, 0.5) is 5.69 Å². The van der Waals surface area contributed by atoms with Crippen LogP contribution in [0.2, 0.25) is 0 Å². The average molecular weight is 199 g/mol. The normalized spacial score (nSPS) is 11.9. The summed E-state index contributed by atoms with van der Waals surface area (Å²) >= 11 is 1.94. The van der Waals surface area contributed by atoms with Gasteiger partial charge in [0.05, 0.1) is 18.4 Å². The zero-order chi connectivity index (χ0) is 9.90. The van der Waals surface area contributed by atoms with Crippen LogP contribution in [0.15, 0.2) is 12.4 Å². The Bertz CT molecular complexity index is 262. The van der Waals surface area contributed by atoms with E-state index >= 15 is 0 Å². The Kier molecular flexibility index (Phi) is 3.25. The number of hydrogen-bond acceptors (Lipinski definition) is 3. The van der Waals surface area contributed by atoms with E-state index in [9.17, 15) is 0 Å². The second-order valence-electron chi connectivity index (χ2n) is 4.00. The highest BCUT2D eigenvalue weighted by Gasteiger charge is 2.09. The molecule has 0 aromatic carbocycles. The Labute approximate surface area is 83.7 Å². The molecule has 0 radical (unpaired) electrons. The lowest BCUT2D eigenvalue weighted by molar-refractivity contribution is 0.663. The third kappa shape index (κ3) is 4.22. The SMILES string of the molecule is CC(C)(C)SCCn1cc(N)cn1. The van der Waals surface area contributed by atoms with Crippen molar-refractivity contribution in [1.29, 1.82) is 0 Å². The van der Waals surface area contributed by atoms with Crippen molar-refractivity contribution in [2.24, 2.45) is 0 Å². The molecule has 2 N–H and O–H groups in total. The number of nitrogens with two attached hydrogens (primary N) is 1. The van der Waals surface area contributed by atoms with Crippen LogP contribution in [-0.2, 0) is 6.54 Å². The Balaban J connectivity index is 2.28. The van der Waals surface area contributed by atoms with Crippen molar-refractivity contribution in [2.45, 2.75) is 32.1 Å². The quantitative estimate of drug-likeness (QED) is 0.809. The monoisotopic (exact) mass is 199 g/mol. The van der Waals surface area contributed by atoms with E-state index in [-0.39, 0.29) is 0 Å². The van der Waals surface area contributed by atoms with Crippen LogP contribution in [0.3, 0.4) is 0 Å². The molecular weight excluding hydrogens is 182 g/mol. The second-order valence-corrected chi connectivity index (χ2v) is 5.92. The number of nitrogens with zero attached hydrogens (tertiary/aromatic N) is 2. The van der Waals surface area contributed by atoms with Crippen LogP contribution < -0.4 is 5.73 Å². The third-order valence-electron chi connectivity index (χ3n) is 1.51. The summed E-state index contributed by atoms with van der Waals surface area (Å²) in [6.07, 6.45) is 3.55. The van der Waals surface area contributed by atoms with Gasteiger partial charge in [-0.2, -0.15) is 16.9 Å². The fourth-order valence-electron chi connectivity index (χ4n) is 0.947. The number of nitrogen functional groups attached to an aromatic ring is 1. The van der Waals surface area contributed by atoms with Gasteiger partial charge in [0.15, 0.2) is 0 Å². The highest BCUT2D eigenvalue weighted by Crippen LogP contribution is 2.22. The number of anilines is 1. The van der Waals surface area contributed by atoms with E-state index in [0.717, 1.165) is 18.0 Å². The van der Waals surface area contributed by atoms with Crippen LogP contribution in [0.5, 0.6) is 0 Å². The maximum Gasteiger partial charge on any atom is 0.0719 e. The highest BCUT2D eigenvalue weighted by molar-refractivity contribution is 8.00. The van der Waals surface area contributed by atoms with Gasteiger partial charge in [0, 0.05) is 16.7 Å². The number of hydrogen-bond donors (Lipinski definition) is 1. The van der Waals surface area contributed by atoms with Crippen LogP contribution >= 0.6 is 11.8 Å². The fourth-order valence-corrected chi connectivity index (χ4v) is 1.84. The standard InChI is InChI=1S/C9H17N3S/c1-9(2,3)13-5-4-12-7-8(10)6-11-12/h6-7H,4-5,10H2,1-3H3. The van der Waals surface area contributed by atoms with Gasteiger partial charge in [0.25, 0.3) is 0 Å². The zero-order valence-corrected chi connectivity index (χ0v) is 9.27. The number of aryl methyl sites for hydroxylation is 1. The molecule has 0 amide bonds. The van der Waals surface area contributed by atoms with Crippen molar-refractivity contribution in [2.75, 3.05) is 11.5 Å². The maximum absolute atomic E-state index is 5.55. The predicted molar refractivity (Wildman–Crippen MR) is 58.9 cm³/mol. The predicted octanol–water partition coefficient (Wildman–Crippen LogP) is 2.00. The first-order valence-corrected chi connectivity index (χ1v) is 5.38. The van der Waals surface area contributed by atoms with Crippen LogP contribution in [0.1, 0.15) is 20.8 Å². The molecule has 1 aromatic rings.